The van der Waals surface area contributed by atoms with Crippen molar-refractivity contribution in [3.05, 3.63) is 104 Å². The molecule has 2 nitrogen and oxygen atoms in total. The molecular formula is C30H34O2. The summed E-state index contributed by atoms with van der Waals surface area (Å²) >= 11 is 0. The maximum atomic E-state index is 12.9. The Bertz CT molecular complexity index is 1130. The molecule has 166 valence electrons. The average Bonchev–Trinajstić information content (AvgIpc) is 2.74. The quantitative estimate of drug-likeness (QED) is 0.427. The fourth-order valence-corrected chi connectivity index (χ4v) is 4.56. The highest BCUT2D eigenvalue weighted by molar-refractivity contribution is 6.26. The molecule has 0 N–H and O–H groups in total. The van der Waals surface area contributed by atoms with Crippen LogP contribution >= 0.6 is 0 Å². The van der Waals surface area contributed by atoms with E-state index in [1.807, 2.05) is 12.1 Å². The highest BCUT2D eigenvalue weighted by Gasteiger charge is 2.28. The van der Waals surface area contributed by atoms with E-state index < -0.39 is 0 Å². The summed E-state index contributed by atoms with van der Waals surface area (Å²) < 4.78 is 0. The van der Waals surface area contributed by atoms with Crippen LogP contribution in [-0.4, -0.2) is 11.6 Å². The predicted octanol–water partition coefficient (Wildman–Crippen LogP) is 7.61. The lowest BCUT2D eigenvalue weighted by Gasteiger charge is -2.18. The van der Waals surface area contributed by atoms with Gasteiger partial charge in [-0.15, -0.1) is 0 Å². The van der Waals surface area contributed by atoms with Gasteiger partial charge in [0.05, 0.1) is 0 Å². The number of fused-ring (bicyclic) bond motifs is 1. The first-order valence-corrected chi connectivity index (χ1v) is 11.4. The Morgan fingerprint density at radius 3 is 2.03 bits per heavy atom. The molecule has 2 aromatic rings. The van der Waals surface area contributed by atoms with Gasteiger partial charge in [0.2, 0.25) is 0 Å². The van der Waals surface area contributed by atoms with Crippen molar-refractivity contribution in [2.24, 2.45) is 0 Å². The second-order valence-corrected chi connectivity index (χ2v) is 9.21. The van der Waals surface area contributed by atoms with E-state index in [9.17, 15) is 9.59 Å². The van der Waals surface area contributed by atoms with Crippen LogP contribution in [0.25, 0.3) is 0 Å². The van der Waals surface area contributed by atoms with Crippen LogP contribution in [0.4, 0.5) is 0 Å². The van der Waals surface area contributed by atoms with Gasteiger partial charge in [-0.2, -0.15) is 0 Å². The number of aryl methyl sites for hydroxylation is 3. The van der Waals surface area contributed by atoms with Gasteiger partial charge in [-0.25, -0.2) is 0 Å². The fraction of sp³-hybridized carbons (Fsp3) is 0.333. The molecule has 1 aliphatic carbocycles. The van der Waals surface area contributed by atoms with Crippen molar-refractivity contribution in [3.8, 4) is 0 Å². The molecule has 0 fully saturated rings. The van der Waals surface area contributed by atoms with E-state index in [1.165, 1.54) is 33.4 Å². The minimum Gasteiger partial charge on any atom is -0.289 e. The van der Waals surface area contributed by atoms with E-state index in [1.54, 1.807) is 19.1 Å². The lowest BCUT2D eigenvalue weighted by atomic mass is 9.83. The minimum absolute atomic E-state index is 0.0127. The van der Waals surface area contributed by atoms with Gasteiger partial charge in [0, 0.05) is 22.3 Å². The average molecular weight is 427 g/mol. The molecule has 0 saturated carbocycles. The molecule has 0 amide bonds. The maximum Gasteiger partial charge on any atom is 0.190 e. The molecule has 0 bridgehead atoms. The zero-order valence-electron chi connectivity index (χ0n) is 20.3. The Morgan fingerprint density at radius 1 is 0.812 bits per heavy atom. The Hall–Kier alpha value is -3.00. The molecule has 32 heavy (non-hydrogen) atoms. The molecule has 2 aromatic carbocycles. The normalized spacial score (nSPS) is 14.8. The highest BCUT2D eigenvalue weighted by Crippen LogP contribution is 2.28. The zero-order chi connectivity index (χ0) is 23.4. The van der Waals surface area contributed by atoms with E-state index in [0.717, 1.165) is 19.3 Å². The first-order chi connectivity index (χ1) is 15.2. The van der Waals surface area contributed by atoms with Gasteiger partial charge in [0.1, 0.15) is 0 Å². The van der Waals surface area contributed by atoms with Crippen LogP contribution in [0.5, 0.6) is 0 Å². The Kier molecular flexibility index (Phi) is 7.45. The van der Waals surface area contributed by atoms with Crippen molar-refractivity contribution in [3.63, 3.8) is 0 Å². The van der Waals surface area contributed by atoms with Crippen LogP contribution in [0.3, 0.4) is 0 Å². The molecule has 0 saturated heterocycles. The van der Waals surface area contributed by atoms with Gasteiger partial charge in [-0.3, -0.25) is 9.59 Å². The summed E-state index contributed by atoms with van der Waals surface area (Å²) in [6, 6.07) is 11.6. The van der Waals surface area contributed by atoms with Crippen molar-refractivity contribution < 1.29 is 9.59 Å². The number of ketones is 2. The SMILES string of the molecule is CC1=C(C/C=C(\C)CC/C=C(\C)Cc2c(C)cc(C)cc2C)C(=O)c2ccccc2C1=O. The minimum atomic E-state index is -0.0264. The van der Waals surface area contributed by atoms with Crippen molar-refractivity contribution >= 4 is 11.6 Å². The number of rotatable bonds is 7. The van der Waals surface area contributed by atoms with E-state index in [-0.39, 0.29) is 11.6 Å². The summed E-state index contributed by atoms with van der Waals surface area (Å²) in [7, 11) is 0. The zero-order valence-corrected chi connectivity index (χ0v) is 20.3. The molecule has 0 aliphatic heterocycles. The van der Waals surface area contributed by atoms with Crippen LogP contribution in [0.2, 0.25) is 0 Å². The lowest BCUT2D eigenvalue weighted by molar-refractivity contribution is 0.0973. The summed E-state index contributed by atoms with van der Waals surface area (Å²) in [5.41, 5.74) is 10.4. The fourth-order valence-electron chi connectivity index (χ4n) is 4.56. The Balaban J connectivity index is 1.61. The van der Waals surface area contributed by atoms with Gasteiger partial charge in [-0.05, 0) is 83.9 Å². The molecule has 0 unspecified atom stereocenters. The largest absolute Gasteiger partial charge is 0.289 e. The van der Waals surface area contributed by atoms with E-state index >= 15 is 0 Å². The van der Waals surface area contributed by atoms with Crippen LogP contribution < -0.4 is 0 Å². The first kappa shape index (κ1) is 23.7. The summed E-state index contributed by atoms with van der Waals surface area (Å²) in [5.74, 6) is -0.0390. The monoisotopic (exact) mass is 426 g/mol. The summed E-state index contributed by atoms with van der Waals surface area (Å²) in [4.78, 5) is 25.5. The second-order valence-electron chi connectivity index (χ2n) is 9.21. The van der Waals surface area contributed by atoms with Gasteiger partial charge in [0.15, 0.2) is 11.6 Å². The van der Waals surface area contributed by atoms with Crippen LogP contribution in [-0.2, 0) is 6.42 Å². The molecule has 3 rings (SSSR count). The third-order valence-corrected chi connectivity index (χ3v) is 6.47. The predicted molar refractivity (Wildman–Crippen MR) is 134 cm³/mol. The molecule has 0 atom stereocenters. The van der Waals surface area contributed by atoms with Gasteiger partial charge < -0.3 is 0 Å². The maximum absolute atomic E-state index is 12.9. The lowest BCUT2D eigenvalue weighted by Crippen LogP contribution is -2.20. The van der Waals surface area contributed by atoms with Crippen LogP contribution in [0, 0.1) is 20.8 Å². The number of carbonyl (C=O) groups is 2. The van der Waals surface area contributed by atoms with Crippen molar-refractivity contribution in [1.29, 1.82) is 0 Å². The number of benzene rings is 2. The van der Waals surface area contributed by atoms with Crippen LogP contribution in [0.1, 0.15) is 83.0 Å². The highest BCUT2D eigenvalue weighted by atomic mass is 16.1. The molecule has 0 aromatic heterocycles. The standard InChI is InChI=1S/C30H34O2/c1-19(10-9-11-20(2)18-28-22(4)16-21(3)17-23(28)5)14-15-25-24(6)29(31)26-12-7-8-13-27(26)30(25)32/h7-8,11-14,16-17H,9-10,15,18H2,1-6H3/b19-14+,20-11+. The molecule has 0 spiro atoms. The van der Waals surface area contributed by atoms with Gasteiger partial charge in [-0.1, -0.05) is 65.3 Å². The molecular weight excluding hydrogens is 392 g/mol. The van der Waals surface area contributed by atoms with E-state index in [4.69, 9.17) is 0 Å². The number of carbonyl (C=O) groups excluding carboxylic acids is 2. The topological polar surface area (TPSA) is 34.1 Å². The number of allylic oxidation sites excluding steroid dienone is 6. The number of hydrogen-bond acceptors (Lipinski definition) is 2. The summed E-state index contributed by atoms with van der Waals surface area (Å²) in [6.45, 7) is 12.6. The van der Waals surface area contributed by atoms with Crippen LogP contribution in [0.15, 0.2) is 70.8 Å². The summed E-state index contributed by atoms with van der Waals surface area (Å²) in [5, 5.41) is 0. The van der Waals surface area contributed by atoms with Crippen molar-refractivity contribution in [2.45, 2.75) is 67.2 Å². The number of hydrogen-bond donors (Lipinski definition) is 0. The van der Waals surface area contributed by atoms with E-state index in [0.29, 0.717) is 28.7 Å². The molecule has 1 aliphatic rings. The van der Waals surface area contributed by atoms with Crippen molar-refractivity contribution in [2.75, 3.05) is 0 Å². The van der Waals surface area contributed by atoms with Crippen molar-refractivity contribution in [1.82, 2.24) is 0 Å². The molecule has 0 heterocycles. The van der Waals surface area contributed by atoms with Gasteiger partial charge in [0.25, 0.3) is 0 Å². The first-order valence-electron chi connectivity index (χ1n) is 11.4. The number of Topliss-reactive ketones (excluding diaryl/α,β-unsaturated/α-hetero) is 2. The second kappa shape index (κ2) is 10.1. The third-order valence-electron chi connectivity index (χ3n) is 6.47. The Labute approximate surface area is 192 Å². The molecule has 2 heteroatoms. The third kappa shape index (κ3) is 5.24. The molecule has 0 radical (unpaired) electrons. The smallest absolute Gasteiger partial charge is 0.190 e. The summed E-state index contributed by atoms with van der Waals surface area (Å²) in [6.07, 6.45) is 7.87. The Morgan fingerprint density at radius 2 is 1.41 bits per heavy atom. The van der Waals surface area contributed by atoms with Gasteiger partial charge >= 0.3 is 0 Å². The van der Waals surface area contributed by atoms with E-state index in [2.05, 4.69) is 58.9 Å².